The number of rotatable bonds is 7. The van der Waals surface area contributed by atoms with Crippen molar-refractivity contribution in [3.8, 4) is 0 Å². The number of ether oxygens (including phenoxy) is 1. The van der Waals surface area contributed by atoms with E-state index in [0.717, 1.165) is 29.7 Å². The summed E-state index contributed by atoms with van der Waals surface area (Å²) in [6.07, 6.45) is 1.17. The monoisotopic (exact) mass is 267 g/mol. The van der Waals surface area contributed by atoms with Gasteiger partial charge in [0.2, 0.25) is 0 Å². The maximum atomic E-state index is 14.2. The third kappa shape index (κ3) is 4.92. The van der Waals surface area contributed by atoms with E-state index in [4.69, 9.17) is 4.74 Å². The first-order valence-corrected chi connectivity index (χ1v) is 7.07. The van der Waals surface area contributed by atoms with Gasteiger partial charge in [-0.15, -0.1) is 0 Å². The average Bonchev–Trinajstić information content (AvgIpc) is 2.30. The Morgan fingerprint density at radius 3 is 2.47 bits per heavy atom. The molecule has 0 saturated heterocycles. The summed E-state index contributed by atoms with van der Waals surface area (Å²) in [6, 6.07) is 3.54. The van der Waals surface area contributed by atoms with E-state index < -0.39 is 0 Å². The van der Waals surface area contributed by atoms with Crippen LogP contribution in [-0.4, -0.2) is 19.3 Å². The summed E-state index contributed by atoms with van der Waals surface area (Å²) in [7, 11) is 0. The van der Waals surface area contributed by atoms with E-state index in [1.54, 1.807) is 6.07 Å². The number of aryl methyl sites for hydroxylation is 2. The molecule has 2 nitrogen and oxygen atoms in total. The van der Waals surface area contributed by atoms with Gasteiger partial charge in [-0.1, -0.05) is 13.0 Å². The molecule has 19 heavy (non-hydrogen) atoms. The Morgan fingerprint density at radius 2 is 1.95 bits per heavy atom. The highest BCUT2D eigenvalue weighted by molar-refractivity contribution is 5.34. The molecular weight excluding hydrogens is 241 g/mol. The van der Waals surface area contributed by atoms with E-state index in [-0.39, 0.29) is 18.0 Å². The minimum atomic E-state index is -0.140. The fraction of sp³-hybridized carbons (Fsp3) is 0.625. The maximum Gasteiger partial charge on any atom is 0.128 e. The van der Waals surface area contributed by atoms with Crippen LogP contribution in [0.3, 0.4) is 0 Å². The van der Waals surface area contributed by atoms with Gasteiger partial charge in [-0.05, 0) is 57.9 Å². The molecular formula is C16H26FNO. The Kier molecular flexibility index (Phi) is 6.46. The Bertz CT molecular complexity index is 381. The van der Waals surface area contributed by atoms with Gasteiger partial charge in [0.25, 0.3) is 0 Å². The number of halogens is 1. The second-order valence-corrected chi connectivity index (χ2v) is 5.37. The lowest BCUT2D eigenvalue weighted by Crippen LogP contribution is -2.29. The molecule has 0 aromatic heterocycles. The normalized spacial score (nSPS) is 13.0. The molecule has 0 aliphatic heterocycles. The Balaban J connectivity index is 2.95. The minimum Gasteiger partial charge on any atom is -0.377 e. The second kappa shape index (κ2) is 7.61. The van der Waals surface area contributed by atoms with Crippen LogP contribution < -0.4 is 5.32 Å². The van der Waals surface area contributed by atoms with Crippen molar-refractivity contribution < 1.29 is 9.13 Å². The lowest BCUT2D eigenvalue weighted by Gasteiger charge is -2.23. The molecule has 1 N–H and O–H groups in total. The SMILES string of the molecule is CCCNC(COC(C)C)c1c(C)cc(C)cc1F. The largest absolute Gasteiger partial charge is 0.377 e. The summed E-state index contributed by atoms with van der Waals surface area (Å²) in [5.74, 6) is -0.140. The molecule has 1 unspecified atom stereocenters. The van der Waals surface area contributed by atoms with Gasteiger partial charge in [0.1, 0.15) is 5.82 Å². The van der Waals surface area contributed by atoms with Gasteiger partial charge in [-0.2, -0.15) is 0 Å². The molecule has 0 fully saturated rings. The zero-order valence-corrected chi connectivity index (χ0v) is 12.7. The van der Waals surface area contributed by atoms with E-state index in [1.165, 1.54) is 0 Å². The van der Waals surface area contributed by atoms with E-state index in [1.807, 2.05) is 33.8 Å². The number of benzene rings is 1. The first kappa shape index (κ1) is 16.1. The lowest BCUT2D eigenvalue weighted by atomic mass is 9.98. The van der Waals surface area contributed by atoms with Crippen molar-refractivity contribution >= 4 is 0 Å². The molecule has 108 valence electrons. The van der Waals surface area contributed by atoms with E-state index >= 15 is 0 Å². The van der Waals surface area contributed by atoms with Crippen LogP contribution >= 0.6 is 0 Å². The van der Waals surface area contributed by atoms with Crippen molar-refractivity contribution in [1.82, 2.24) is 5.32 Å². The molecule has 0 aliphatic rings. The summed E-state index contributed by atoms with van der Waals surface area (Å²) in [4.78, 5) is 0. The van der Waals surface area contributed by atoms with Gasteiger partial charge < -0.3 is 10.1 Å². The zero-order chi connectivity index (χ0) is 14.4. The standard InChI is InChI=1S/C16H26FNO/c1-6-7-18-15(10-19-11(2)3)16-13(5)8-12(4)9-14(16)17/h8-9,11,15,18H,6-7,10H2,1-5H3. The Labute approximate surface area is 116 Å². The Hall–Kier alpha value is -0.930. The molecule has 1 atom stereocenters. The quantitative estimate of drug-likeness (QED) is 0.808. The van der Waals surface area contributed by atoms with Crippen LogP contribution in [0.2, 0.25) is 0 Å². The van der Waals surface area contributed by atoms with Crippen molar-refractivity contribution in [1.29, 1.82) is 0 Å². The van der Waals surface area contributed by atoms with Crippen LogP contribution in [0.15, 0.2) is 12.1 Å². The predicted octanol–water partition coefficient (Wildman–Crippen LogP) is 3.91. The summed E-state index contributed by atoms with van der Waals surface area (Å²) in [6.45, 7) is 11.3. The van der Waals surface area contributed by atoms with Crippen LogP contribution in [-0.2, 0) is 4.74 Å². The number of hydrogen-bond donors (Lipinski definition) is 1. The third-order valence-electron chi connectivity index (χ3n) is 3.07. The lowest BCUT2D eigenvalue weighted by molar-refractivity contribution is 0.0603. The minimum absolute atomic E-state index is 0.0806. The molecule has 3 heteroatoms. The highest BCUT2D eigenvalue weighted by atomic mass is 19.1. The molecule has 0 amide bonds. The van der Waals surface area contributed by atoms with Crippen LogP contribution in [0.1, 0.15) is 49.9 Å². The average molecular weight is 267 g/mol. The van der Waals surface area contributed by atoms with Crippen molar-refractivity contribution in [2.24, 2.45) is 0 Å². The predicted molar refractivity (Wildman–Crippen MR) is 78.0 cm³/mol. The highest BCUT2D eigenvalue weighted by Gasteiger charge is 2.18. The molecule has 1 rings (SSSR count). The second-order valence-electron chi connectivity index (χ2n) is 5.37. The van der Waals surface area contributed by atoms with E-state index in [0.29, 0.717) is 6.61 Å². The molecule has 0 heterocycles. The van der Waals surface area contributed by atoms with Crippen molar-refractivity contribution in [2.45, 2.75) is 53.2 Å². The van der Waals surface area contributed by atoms with E-state index in [9.17, 15) is 4.39 Å². The number of nitrogens with one attached hydrogen (secondary N) is 1. The first-order chi connectivity index (χ1) is 8.95. The van der Waals surface area contributed by atoms with Gasteiger partial charge in [0.15, 0.2) is 0 Å². The van der Waals surface area contributed by atoms with Crippen LogP contribution in [0.5, 0.6) is 0 Å². The van der Waals surface area contributed by atoms with Crippen LogP contribution in [0, 0.1) is 19.7 Å². The Morgan fingerprint density at radius 1 is 1.26 bits per heavy atom. The third-order valence-corrected chi connectivity index (χ3v) is 3.07. The van der Waals surface area contributed by atoms with Gasteiger partial charge in [-0.25, -0.2) is 4.39 Å². The van der Waals surface area contributed by atoms with Crippen LogP contribution in [0.4, 0.5) is 4.39 Å². The summed E-state index contributed by atoms with van der Waals surface area (Å²) >= 11 is 0. The van der Waals surface area contributed by atoms with Crippen molar-refractivity contribution in [3.05, 3.63) is 34.6 Å². The summed E-state index contributed by atoms with van der Waals surface area (Å²) in [5.41, 5.74) is 2.68. The molecule has 0 saturated carbocycles. The fourth-order valence-corrected chi connectivity index (χ4v) is 2.22. The topological polar surface area (TPSA) is 21.3 Å². The van der Waals surface area contributed by atoms with Gasteiger partial charge >= 0.3 is 0 Å². The molecule has 0 bridgehead atoms. The number of hydrogen-bond acceptors (Lipinski definition) is 2. The van der Waals surface area contributed by atoms with Gasteiger partial charge in [-0.3, -0.25) is 0 Å². The summed E-state index contributed by atoms with van der Waals surface area (Å²) < 4.78 is 19.9. The molecule has 0 radical (unpaired) electrons. The fourth-order valence-electron chi connectivity index (χ4n) is 2.22. The van der Waals surface area contributed by atoms with Crippen LogP contribution in [0.25, 0.3) is 0 Å². The molecule has 1 aromatic rings. The van der Waals surface area contributed by atoms with Gasteiger partial charge in [0.05, 0.1) is 18.8 Å². The maximum absolute atomic E-state index is 14.2. The molecule has 0 aliphatic carbocycles. The van der Waals surface area contributed by atoms with Crippen molar-refractivity contribution in [3.63, 3.8) is 0 Å². The first-order valence-electron chi connectivity index (χ1n) is 7.07. The zero-order valence-electron chi connectivity index (χ0n) is 12.7. The van der Waals surface area contributed by atoms with E-state index in [2.05, 4.69) is 12.2 Å². The van der Waals surface area contributed by atoms with Crippen molar-refractivity contribution in [2.75, 3.05) is 13.2 Å². The molecule has 1 aromatic carbocycles. The molecule has 0 spiro atoms. The smallest absolute Gasteiger partial charge is 0.128 e. The summed E-state index contributed by atoms with van der Waals surface area (Å²) in [5, 5.41) is 3.38. The van der Waals surface area contributed by atoms with Gasteiger partial charge in [0, 0.05) is 5.56 Å². The highest BCUT2D eigenvalue weighted by Crippen LogP contribution is 2.23.